The number of carbonyl (C=O) groups is 2. The molecule has 0 radical (unpaired) electrons. The first-order valence-electron chi connectivity index (χ1n) is 15.2. The molecule has 0 spiro atoms. The molecule has 0 saturated heterocycles. The molecule has 0 saturated carbocycles. The predicted molar refractivity (Wildman–Crippen MR) is 188 cm³/mol. The van der Waals surface area contributed by atoms with Crippen LogP contribution in [0.25, 0.3) is 16.8 Å². The predicted octanol–water partition coefficient (Wildman–Crippen LogP) is 5.30. The number of rotatable bonds is 12. The number of hydrogen-bond acceptors (Lipinski definition) is 10. The zero-order valence-electron chi connectivity index (χ0n) is 26.8. The van der Waals surface area contributed by atoms with Gasteiger partial charge in [0.1, 0.15) is 11.8 Å². The standard InChI is InChI=1S/C35H35IN2O8S/c1-6-11-24-30(34(41)45-8-3)31(29-22-13-10-9-12-21(22)14-15-25(29)42-4)38-33(40)27(47-35(38)37-24)18-20-16-23(36)32(26(17-20)43-5)46-19-28(39)44-7-2/h9-10,12-18,31H,6-8,11,19H2,1-5H3/b27-18-/t31-/m0/s1. The molecule has 2 heterocycles. The topological polar surface area (TPSA) is 115 Å². The molecule has 0 aliphatic carbocycles. The van der Waals surface area contributed by atoms with Gasteiger partial charge in [0.2, 0.25) is 0 Å². The fraction of sp³-hybridized carbons (Fsp3) is 0.314. The highest BCUT2D eigenvalue weighted by Crippen LogP contribution is 2.41. The van der Waals surface area contributed by atoms with Gasteiger partial charge in [-0.25, -0.2) is 14.6 Å². The van der Waals surface area contributed by atoms with Crippen LogP contribution < -0.4 is 29.1 Å². The van der Waals surface area contributed by atoms with Crippen LogP contribution in [0.3, 0.4) is 0 Å². The molecule has 0 unspecified atom stereocenters. The number of benzene rings is 3. The Balaban J connectivity index is 1.74. The van der Waals surface area contributed by atoms with E-state index in [1.165, 1.54) is 18.4 Å². The lowest BCUT2D eigenvalue weighted by atomic mass is 9.90. The van der Waals surface area contributed by atoms with Crippen LogP contribution in [0.15, 0.2) is 69.6 Å². The maximum absolute atomic E-state index is 14.4. The summed E-state index contributed by atoms with van der Waals surface area (Å²) in [4.78, 5) is 45.4. The van der Waals surface area contributed by atoms with Gasteiger partial charge in [0.15, 0.2) is 22.9 Å². The lowest BCUT2D eigenvalue weighted by Gasteiger charge is -2.28. The number of esters is 2. The number of carbonyl (C=O) groups excluding carboxylic acids is 2. The first kappa shape index (κ1) is 34.2. The van der Waals surface area contributed by atoms with Gasteiger partial charge in [0.05, 0.1) is 46.8 Å². The zero-order valence-corrected chi connectivity index (χ0v) is 29.7. The van der Waals surface area contributed by atoms with Crippen molar-refractivity contribution < 1.29 is 33.3 Å². The third kappa shape index (κ3) is 6.93. The summed E-state index contributed by atoms with van der Waals surface area (Å²) in [6.07, 6.45) is 3.01. The molecule has 1 aliphatic heterocycles. The minimum Gasteiger partial charge on any atom is -0.496 e. The number of fused-ring (bicyclic) bond motifs is 2. The minimum absolute atomic E-state index is 0.172. The van der Waals surface area contributed by atoms with Crippen molar-refractivity contribution in [2.24, 2.45) is 4.99 Å². The number of methoxy groups -OCH3 is 2. The van der Waals surface area contributed by atoms with Crippen LogP contribution in [-0.2, 0) is 19.1 Å². The highest BCUT2D eigenvalue weighted by molar-refractivity contribution is 14.1. The largest absolute Gasteiger partial charge is 0.496 e. The smallest absolute Gasteiger partial charge is 0.344 e. The normalized spacial score (nSPS) is 14.4. The second kappa shape index (κ2) is 15.2. The Kier molecular flexibility index (Phi) is 11.0. The number of nitrogens with zero attached hydrogens (tertiary/aromatic N) is 2. The molecule has 0 fully saturated rings. The molecule has 246 valence electrons. The molecule has 1 aromatic heterocycles. The van der Waals surface area contributed by atoms with E-state index in [-0.39, 0.29) is 25.4 Å². The summed E-state index contributed by atoms with van der Waals surface area (Å²) in [6.45, 7) is 5.66. The number of allylic oxidation sites excluding steroid dienone is 1. The molecule has 1 atom stereocenters. The number of hydrogen-bond donors (Lipinski definition) is 0. The van der Waals surface area contributed by atoms with Crippen LogP contribution in [0, 0.1) is 3.57 Å². The van der Waals surface area contributed by atoms with Crippen molar-refractivity contribution in [3.8, 4) is 17.2 Å². The molecule has 4 aromatic rings. The Labute approximate surface area is 289 Å². The Morgan fingerprint density at radius 1 is 1.00 bits per heavy atom. The highest BCUT2D eigenvalue weighted by Gasteiger charge is 2.37. The molecule has 47 heavy (non-hydrogen) atoms. The molecular weight excluding hydrogens is 735 g/mol. The van der Waals surface area contributed by atoms with Crippen LogP contribution in [0.2, 0.25) is 0 Å². The maximum Gasteiger partial charge on any atom is 0.344 e. The van der Waals surface area contributed by atoms with Crippen molar-refractivity contribution in [3.05, 3.63) is 94.2 Å². The summed E-state index contributed by atoms with van der Waals surface area (Å²) < 4.78 is 30.4. The Bertz CT molecular complexity index is 2050. The van der Waals surface area contributed by atoms with Crippen molar-refractivity contribution in [1.29, 1.82) is 0 Å². The van der Waals surface area contributed by atoms with E-state index in [4.69, 9.17) is 28.7 Å². The van der Waals surface area contributed by atoms with Gasteiger partial charge in [-0.2, -0.15) is 0 Å². The van der Waals surface area contributed by atoms with Crippen molar-refractivity contribution in [2.45, 2.75) is 39.7 Å². The third-order valence-corrected chi connectivity index (χ3v) is 9.29. The first-order valence-corrected chi connectivity index (χ1v) is 17.1. The highest BCUT2D eigenvalue weighted by atomic mass is 127. The number of ether oxygens (including phenoxy) is 5. The SMILES string of the molecule is CCCC1=C(C(=O)OCC)[C@H](c2c(OC)ccc3ccccc23)n2c(s/c(=C\c3cc(I)c(OCC(=O)OCC)c(OC)c3)c2=O)=N1. The van der Waals surface area contributed by atoms with Crippen LogP contribution in [-0.4, -0.2) is 50.5 Å². The van der Waals surface area contributed by atoms with Crippen LogP contribution in [0.4, 0.5) is 0 Å². The Morgan fingerprint density at radius 3 is 2.45 bits per heavy atom. The van der Waals surface area contributed by atoms with E-state index in [0.29, 0.717) is 59.0 Å². The molecule has 3 aromatic carbocycles. The first-order chi connectivity index (χ1) is 22.8. The fourth-order valence-corrected chi connectivity index (χ4v) is 7.38. The van der Waals surface area contributed by atoms with E-state index in [2.05, 4.69) is 22.6 Å². The number of aromatic nitrogens is 1. The summed E-state index contributed by atoms with van der Waals surface area (Å²) in [5.41, 5.74) is 1.95. The van der Waals surface area contributed by atoms with Gasteiger partial charge in [0.25, 0.3) is 5.56 Å². The lowest BCUT2D eigenvalue weighted by molar-refractivity contribution is -0.145. The number of halogens is 1. The molecule has 1 aliphatic rings. The summed E-state index contributed by atoms with van der Waals surface area (Å²) in [6, 6.07) is 14.3. The third-order valence-electron chi connectivity index (χ3n) is 7.51. The van der Waals surface area contributed by atoms with Crippen LogP contribution >= 0.6 is 33.9 Å². The van der Waals surface area contributed by atoms with E-state index in [1.54, 1.807) is 37.7 Å². The molecule has 10 nitrogen and oxygen atoms in total. The second-order valence-corrected chi connectivity index (χ2v) is 12.6. The maximum atomic E-state index is 14.4. The molecule has 0 bridgehead atoms. The van der Waals surface area contributed by atoms with Gasteiger partial charge >= 0.3 is 11.9 Å². The average molecular weight is 771 g/mol. The summed E-state index contributed by atoms with van der Waals surface area (Å²) in [5, 5.41) is 1.79. The fourth-order valence-electron chi connectivity index (χ4n) is 5.58. The molecule has 12 heteroatoms. The van der Waals surface area contributed by atoms with Gasteiger partial charge in [-0.05, 0) is 83.5 Å². The van der Waals surface area contributed by atoms with Crippen molar-refractivity contribution >= 4 is 62.7 Å². The van der Waals surface area contributed by atoms with Gasteiger partial charge in [-0.3, -0.25) is 9.36 Å². The van der Waals surface area contributed by atoms with E-state index < -0.39 is 18.0 Å². The van der Waals surface area contributed by atoms with Crippen LogP contribution in [0.5, 0.6) is 17.2 Å². The van der Waals surface area contributed by atoms with Gasteiger partial charge in [-0.1, -0.05) is 55.0 Å². The zero-order chi connectivity index (χ0) is 33.7. The van der Waals surface area contributed by atoms with Gasteiger partial charge in [-0.15, -0.1) is 0 Å². The van der Waals surface area contributed by atoms with Crippen LogP contribution in [0.1, 0.15) is 50.8 Å². The van der Waals surface area contributed by atoms with E-state index in [0.717, 1.165) is 17.2 Å². The van der Waals surface area contributed by atoms with E-state index in [1.807, 2.05) is 49.4 Å². The lowest BCUT2D eigenvalue weighted by Crippen LogP contribution is -2.40. The van der Waals surface area contributed by atoms with Gasteiger partial charge < -0.3 is 23.7 Å². The quantitative estimate of drug-likeness (QED) is 0.141. The van der Waals surface area contributed by atoms with E-state index in [9.17, 15) is 14.4 Å². The summed E-state index contributed by atoms with van der Waals surface area (Å²) >= 11 is 3.34. The second-order valence-electron chi connectivity index (χ2n) is 10.4. The average Bonchev–Trinajstić information content (AvgIpc) is 3.37. The van der Waals surface area contributed by atoms with Gasteiger partial charge in [0, 0.05) is 5.56 Å². The Hall–Kier alpha value is -4.17. The van der Waals surface area contributed by atoms with E-state index >= 15 is 0 Å². The molecular formula is C35H35IN2O8S. The minimum atomic E-state index is -0.844. The van der Waals surface area contributed by atoms with Crippen molar-refractivity contribution in [3.63, 3.8) is 0 Å². The van der Waals surface area contributed by atoms with Crippen molar-refractivity contribution in [1.82, 2.24) is 4.57 Å². The molecule has 0 N–H and O–H groups in total. The number of thiazole rings is 1. The summed E-state index contributed by atoms with van der Waals surface area (Å²) in [5.74, 6) is 0.323. The molecule has 5 rings (SSSR count). The Morgan fingerprint density at radius 2 is 1.74 bits per heavy atom. The summed E-state index contributed by atoms with van der Waals surface area (Å²) in [7, 11) is 3.08. The monoisotopic (exact) mass is 770 g/mol. The molecule has 0 amide bonds. The van der Waals surface area contributed by atoms with Crippen molar-refractivity contribution in [2.75, 3.05) is 34.0 Å².